The van der Waals surface area contributed by atoms with E-state index < -0.39 is 5.54 Å². The van der Waals surface area contributed by atoms with Crippen LogP contribution in [-0.4, -0.2) is 37.6 Å². The van der Waals surface area contributed by atoms with Crippen LogP contribution >= 0.6 is 12.4 Å². The summed E-state index contributed by atoms with van der Waals surface area (Å²) in [5, 5.41) is 0. The van der Waals surface area contributed by atoms with E-state index in [1.807, 2.05) is 26.1 Å². The number of carbonyl (C=O) groups is 1. The lowest BCUT2D eigenvalue weighted by Crippen LogP contribution is -2.55. The maximum atomic E-state index is 12.8. The van der Waals surface area contributed by atoms with Gasteiger partial charge in [-0.2, -0.15) is 0 Å². The number of hydrogen-bond acceptors (Lipinski definition) is 4. The van der Waals surface area contributed by atoms with Crippen molar-refractivity contribution >= 4 is 18.3 Å². The lowest BCUT2D eigenvalue weighted by atomic mass is 9.81. The molecule has 0 spiro atoms. The number of halogens is 1. The Morgan fingerprint density at radius 3 is 2.25 bits per heavy atom. The first-order chi connectivity index (χ1) is 10.9. The van der Waals surface area contributed by atoms with Crippen LogP contribution in [0.15, 0.2) is 12.1 Å². The molecule has 6 heteroatoms. The Balaban J connectivity index is 0.00000288. The van der Waals surface area contributed by atoms with Crippen LogP contribution in [0, 0.1) is 6.92 Å². The number of ether oxygens (including phenoxy) is 2. The van der Waals surface area contributed by atoms with Crippen molar-refractivity contribution in [2.24, 2.45) is 5.73 Å². The molecule has 24 heavy (non-hydrogen) atoms. The molecule has 0 aromatic heterocycles. The molecule has 2 rings (SSSR count). The fourth-order valence-corrected chi connectivity index (χ4v) is 3.30. The Labute approximate surface area is 150 Å². The van der Waals surface area contributed by atoms with Crippen molar-refractivity contribution in [3.63, 3.8) is 0 Å². The number of aryl methyl sites for hydroxylation is 1. The van der Waals surface area contributed by atoms with Gasteiger partial charge in [0.25, 0.3) is 0 Å². The Hall–Kier alpha value is -1.46. The highest BCUT2D eigenvalue weighted by atomic mass is 35.5. The fraction of sp³-hybridized carbons (Fsp3) is 0.611. The fourth-order valence-electron chi connectivity index (χ4n) is 3.30. The van der Waals surface area contributed by atoms with Gasteiger partial charge >= 0.3 is 0 Å². The van der Waals surface area contributed by atoms with Crippen molar-refractivity contribution < 1.29 is 14.3 Å². The van der Waals surface area contributed by atoms with Gasteiger partial charge in [0.15, 0.2) is 11.5 Å². The number of nitrogens with two attached hydrogens (primary N) is 1. The van der Waals surface area contributed by atoms with Crippen molar-refractivity contribution in [2.45, 2.75) is 51.1 Å². The highest BCUT2D eigenvalue weighted by molar-refractivity contribution is 5.86. The molecule has 136 valence electrons. The molecule has 0 heterocycles. The zero-order valence-corrected chi connectivity index (χ0v) is 15.9. The topological polar surface area (TPSA) is 64.8 Å². The van der Waals surface area contributed by atoms with Crippen molar-refractivity contribution in [3.05, 3.63) is 23.3 Å². The minimum Gasteiger partial charge on any atom is -0.493 e. The van der Waals surface area contributed by atoms with Crippen molar-refractivity contribution in [2.75, 3.05) is 21.3 Å². The van der Waals surface area contributed by atoms with Crippen molar-refractivity contribution in [3.8, 4) is 11.5 Å². The van der Waals surface area contributed by atoms with E-state index in [9.17, 15) is 4.79 Å². The van der Waals surface area contributed by atoms with E-state index >= 15 is 0 Å². The number of hydrogen-bond donors (Lipinski definition) is 1. The lowest BCUT2D eigenvalue weighted by Gasteiger charge is -2.35. The lowest BCUT2D eigenvalue weighted by molar-refractivity contribution is -0.137. The normalized spacial score (nSPS) is 16.0. The van der Waals surface area contributed by atoms with Crippen LogP contribution in [0.1, 0.15) is 43.2 Å². The van der Waals surface area contributed by atoms with Crippen molar-refractivity contribution in [1.29, 1.82) is 0 Å². The molecule has 0 saturated heterocycles. The monoisotopic (exact) mass is 356 g/mol. The first-order valence-electron chi connectivity index (χ1n) is 8.17. The molecule has 1 fully saturated rings. The summed E-state index contributed by atoms with van der Waals surface area (Å²) in [6.07, 6.45) is 4.80. The summed E-state index contributed by atoms with van der Waals surface area (Å²) in [5.74, 6) is 1.41. The van der Waals surface area contributed by atoms with E-state index in [-0.39, 0.29) is 18.3 Å². The SMILES string of the molecule is COc1cc(C)c(CN(C)C(=O)C2(N)CCCCC2)cc1OC.Cl. The quantitative estimate of drug-likeness (QED) is 0.880. The average Bonchev–Trinajstić information content (AvgIpc) is 2.56. The largest absolute Gasteiger partial charge is 0.493 e. The first kappa shape index (κ1) is 20.6. The van der Waals surface area contributed by atoms with Crippen LogP contribution in [0.3, 0.4) is 0 Å². The molecular weight excluding hydrogens is 328 g/mol. The number of rotatable bonds is 5. The molecule has 1 aromatic carbocycles. The van der Waals surface area contributed by atoms with E-state index in [0.717, 1.165) is 36.8 Å². The molecule has 2 N–H and O–H groups in total. The van der Waals surface area contributed by atoms with Gasteiger partial charge in [-0.1, -0.05) is 19.3 Å². The summed E-state index contributed by atoms with van der Waals surface area (Å²) < 4.78 is 10.7. The van der Waals surface area contributed by atoms with Crippen LogP contribution in [0.5, 0.6) is 11.5 Å². The average molecular weight is 357 g/mol. The summed E-state index contributed by atoms with van der Waals surface area (Å²) >= 11 is 0. The Morgan fingerprint density at radius 2 is 1.71 bits per heavy atom. The Kier molecular flexibility index (Phi) is 7.36. The predicted octanol–water partition coefficient (Wildman–Crippen LogP) is 3.05. The van der Waals surface area contributed by atoms with Gasteiger partial charge in [-0.15, -0.1) is 12.4 Å². The summed E-state index contributed by atoms with van der Waals surface area (Å²) in [5.41, 5.74) is 7.77. The highest BCUT2D eigenvalue weighted by Crippen LogP contribution is 2.32. The molecule has 1 aromatic rings. The minimum absolute atomic E-state index is 0. The van der Waals surface area contributed by atoms with E-state index in [1.54, 1.807) is 19.1 Å². The molecule has 1 amide bonds. The zero-order chi connectivity index (χ0) is 17.0. The van der Waals surface area contributed by atoms with Gasteiger partial charge in [0, 0.05) is 13.6 Å². The van der Waals surface area contributed by atoms with Gasteiger partial charge < -0.3 is 20.1 Å². The van der Waals surface area contributed by atoms with Crippen LogP contribution in [0.25, 0.3) is 0 Å². The highest BCUT2D eigenvalue weighted by Gasteiger charge is 2.37. The standard InChI is InChI=1S/C18H28N2O3.ClH/c1-13-10-15(22-3)16(23-4)11-14(13)12-20(2)17(21)18(19)8-6-5-7-9-18;/h10-11H,5-9,12,19H2,1-4H3;1H. The summed E-state index contributed by atoms with van der Waals surface area (Å²) in [6, 6.07) is 3.87. The van der Waals surface area contributed by atoms with Gasteiger partial charge in [0.05, 0.1) is 19.8 Å². The van der Waals surface area contributed by atoms with Gasteiger partial charge in [-0.25, -0.2) is 0 Å². The van der Waals surface area contributed by atoms with Crippen LogP contribution in [0.2, 0.25) is 0 Å². The molecular formula is C18H29ClN2O3. The summed E-state index contributed by atoms with van der Waals surface area (Å²) in [4.78, 5) is 14.5. The molecule has 1 saturated carbocycles. The summed E-state index contributed by atoms with van der Waals surface area (Å²) in [6.45, 7) is 2.53. The third kappa shape index (κ3) is 4.33. The molecule has 0 radical (unpaired) electrons. The molecule has 1 aliphatic rings. The van der Waals surface area contributed by atoms with E-state index in [4.69, 9.17) is 15.2 Å². The number of carbonyl (C=O) groups excluding carboxylic acids is 1. The van der Waals surface area contributed by atoms with Crippen LogP contribution < -0.4 is 15.2 Å². The molecule has 5 nitrogen and oxygen atoms in total. The molecule has 0 aliphatic heterocycles. The number of nitrogens with zero attached hydrogens (tertiary/aromatic N) is 1. The second kappa shape index (κ2) is 8.58. The second-order valence-electron chi connectivity index (χ2n) is 6.51. The van der Waals surface area contributed by atoms with E-state index in [0.29, 0.717) is 18.0 Å². The van der Waals surface area contributed by atoms with E-state index in [1.165, 1.54) is 6.42 Å². The molecule has 0 bridgehead atoms. The smallest absolute Gasteiger partial charge is 0.242 e. The van der Waals surface area contributed by atoms with Gasteiger partial charge in [-0.05, 0) is 43.0 Å². The maximum absolute atomic E-state index is 12.8. The number of benzene rings is 1. The molecule has 0 atom stereocenters. The van der Waals surface area contributed by atoms with Crippen LogP contribution in [-0.2, 0) is 11.3 Å². The maximum Gasteiger partial charge on any atom is 0.242 e. The van der Waals surface area contributed by atoms with Gasteiger partial charge in [-0.3, -0.25) is 4.79 Å². The Bertz CT molecular complexity index is 572. The van der Waals surface area contributed by atoms with Gasteiger partial charge in [0.2, 0.25) is 5.91 Å². The molecule has 1 aliphatic carbocycles. The first-order valence-corrected chi connectivity index (χ1v) is 8.17. The minimum atomic E-state index is -0.697. The van der Waals surface area contributed by atoms with Crippen molar-refractivity contribution in [1.82, 2.24) is 4.90 Å². The molecule has 0 unspecified atom stereocenters. The second-order valence-corrected chi connectivity index (χ2v) is 6.51. The zero-order valence-electron chi connectivity index (χ0n) is 15.1. The van der Waals surface area contributed by atoms with E-state index in [2.05, 4.69) is 0 Å². The third-order valence-electron chi connectivity index (χ3n) is 4.77. The third-order valence-corrected chi connectivity index (χ3v) is 4.77. The summed E-state index contributed by atoms with van der Waals surface area (Å²) in [7, 11) is 5.05. The predicted molar refractivity (Wildman–Crippen MR) is 98.0 cm³/mol. The number of likely N-dealkylation sites (N-methyl/N-ethyl adjacent to an activating group) is 1. The van der Waals surface area contributed by atoms with Crippen LogP contribution in [0.4, 0.5) is 0 Å². The number of amides is 1. The van der Waals surface area contributed by atoms with Gasteiger partial charge in [0.1, 0.15) is 0 Å². The Morgan fingerprint density at radius 1 is 1.17 bits per heavy atom. The number of methoxy groups -OCH3 is 2.